The van der Waals surface area contributed by atoms with Gasteiger partial charge in [-0.15, -0.1) is 0 Å². The van der Waals surface area contributed by atoms with Crippen molar-refractivity contribution in [3.8, 4) is 0 Å². The highest BCUT2D eigenvalue weighted by Gasteiger charge is 2.14. The van der Waals surface area contributed by atoms with Crippen molar-refractivity contribution in [1.29, 1.82) is 0 Å². The third kappa shape index (κ3) is 3.99. The second kappa shape index (κ2) is 6.94. The van der Waals surface area contributed by atoms with E-state index in [1.165, 1.54) is 0 Å². The fourth-order valence-corrected chi connectivity index (χ4v) is 1.78. The summed E-state index contributed by atoms with van der Waals surface area (Å²) in [6, 6.07) is 6.91. The van der Waals surface area contributed by atoms with Gasteiger partial charge in [-0.1, -0.05) is 44.0 Å². The van der Waals surface area contributed by atoms with Gasteiger partial charge < -0.3 is 5.11 Å². The third-order valence-corrected chi connectivity index (χ3v) is 3.11. The minimum absolute atomic E-state index is 0.137. The summed E-state index contributed by atoms with van der Waals surface area (Å²) in [5.74, 6) is -1.25. The summed E-state index contributed by atoms with van der Waals surface area (Å²) in [6.07, 6.45) is 3.66. The minimum Gasteiger partial charge on any atom is -0.481 e. The van der Waals surface area contributed by atoms with E-state index in [-0.39, 0.29) is 5.78 Å². The molecule has 3 heteroatoms. The summed E-state index contributed by atoms with van der Waals surface area (Å²) >= 11 is 0. The molecule has 98 valence electrons. The smallest absolute Gasteiger partial charge is 0.310 e. The van der Waals surface area contributed by atoms with Crippen molar-refractivity contribution >= 4 is 11.8 Å². The van der Waals surface area contributed by atoms with Crippen molar-refractivity contribution in [3.63, 3.8) is 0 Å². The zero-order chi connectivity index (χ0) is 13.5. The Morgan fingerprint density at radius 2 is 1.78 bits per heavy atom. The summed E-state index contributed by atoms with van der Waals surface area (Å²) in [5.41, 5.74) is 1.40. The van der Waals surface area contributed by atoms with Gasteiger partial charge in [0, 0.05) is 12.0 Å². The Labute approximate surface area is 108 Å². The predicted octanol–water partition coefficient (Wildman–Crippen LogP) is 3.64. The molecule has 0 spiro atoms. The van der Waals surface area contributed by atoms with Crippen LogP contribution in [0.3, 0.4) is 0 Å². The molecule has 0 bridgehead atoms. The maximum Gasteiger partial charge on any atom is 0.310 e. The number of rotatable bonds is 7. The number of benzene rings is 1. The number of Topliss-reactive ketones (excluding diaryl/α,β-unsaturated/α-hetero) is 1. The first-order valence-corrected chi connectivity index (χ1v) is 6.42. The first kappa shape index (κ1) is 14.4. The van der Waals surface area contributed by atoms with Gasteiger partial charge in [0.2, 0.25) is 0 Å². The number of ketones is 1. The Morgan fingerprint density at radius 1 is 1.17 bits per heavy atom. The summed E-state index contributed by atoms with van der Waals surface area (Å²) in [6.45, 7) is 3.74. The van der Waals surface area contributed by atoms with E-state index >= 15 is 0 Å². The van der Waals surface area contributed by atoms with Gasteiger partial charge in [-0.25, -0.2) is 0 Å². The fraction of sp³-hybridized carbons (Fsp3) is 0.467. The molecule has 3 nitrogen and oxygen atoms in total. The van der Waals surface area contributed by atoms with Crippen LogP contribution in [0.1, 0.15) is 61.4 Å². The van der Waals surface area contributed by atoms with Gasteiger partial charge in [-0.05, 0) is 18.9 Å². The number of carboxylic acids is 1. The Morgan fingerprint density at radius 3 is 2.28 bits per heavy atom. The van der Waals surface area contributed by atoms with Gasteiger partial charge >= 0.3 is 5.97 Å². The monoisotopic (exact) mass is 248 g/mol. The first-order valence-electron chi connectivity index (χ1n) is 6.42. The molecule has 1 rings (SSSR count). The van der Waals surface area contributed by atoms with Gasteiger partial charge in [0.05, 0.1) is 5.92 Å². The molecule has 1 atom stereocenters. The maximum absolute atomic E-state index is 11.8. The van der Waals surface area contributed by atoms with Crippen LogP contribution < -0.4 is 0 Å². The maximum atomic E-state index is 11.8. The normalized spacial score (nSPS) is 12.1. The van der Waals surface area contributed by atoms with Crippen LogP contribution in [0.5, 0.6) is 0 Å². The molecule has 1 N–H and O–H groups in total. The summed E-state index contributed by atoms with van der Waals surface area (Å²) in [7, 11) is 0. The van der Waals surface area contributed by atoms with E-state index in [2.05, 4.69) is 6.92 Å². The van der Waals surface area contributed by atoms with Crippen molar-refractivity contribution in [1.82, 2.24) is 0 Å². The second-order valence-electron chi connectivity index (χ2n) is 4.56. The average Bonchev–Trinajstić information content (AvgIpc) is 2.38. The number of hydrogen-bond acceptors (Lipinski definition) is 2. The van der Waals surface area contributed by atoms with E-state index in [1.54, 1.807) is 31.2 Å². The minimum atomic E-state index is -0.850. The lowest BCUT2D eigenvalue weighted by Crippen LogP contribution is -2.07. The van der Waals surface area contributed by atoms with E-state index in [0.29, 0.717) is 12.0 Å². The van der Waals surface area contributed by atoms with Gasteiger partial charge in [0.1, 0.15) is 0 Å². The van der Waals surface area contributed by atoms with Crippen LogP contribution >= 0.6 is 0 Å². The zero-order valence-corrected chi connectivity index (χ0v) is 11.0. The third-order valence-electron chi connectivity index (χ3n) is 3.11. The highest BCUT2D eigenvalue weighted by atomic mass is 16.4. The molecule has 1 unspecified atom stereocenters. The molecule has 0 fully saturated rings. The molecular weight excluding hydrogens is 228 g/mol. The van der Waals surface area contributed by atoms with Gasteiger partial charge in [-0.2, -0.15) is 0 Å². The fourth-order valence-electron chi connectivity index (χ4n) is 1.78. The number of carbonyl (C=O) groups excluding carboxylic acids is 1. The Hall–Kier alpha value is -1.64. The van der Waals surface area contributed by atoms with Crippen molar-refractivity contribution in [2.45, 2.75) is 45.4 Å². The van der Waals surface area contributed by atoms with Crippen LogP contribution in [-0.4, -0.2) is 16.9 Å². The van der Waals surface area contributed by atoms with Crippen LogP contribution in [0.25, 0.3) is 0 Å². The lowest BCUT2D eigenvalue weighted by Gasteiger charge is -2.07. The van der Waals surface area contributed by atoms with Gasteiger partial charge in [-0.3, -0.25) is 9.59 Å². The lowest BCUT2D eigenvalue weighted by molar-refractivity contribution is -0.138. The molecule has 0 aromatic heterocycles. The molecule has 0 saturated heterocycles. The zero-order valence-electron chi connectivity index (χ0n) is 11.0. The number of aliphatic carboxylic acids is 1. The van der Waals surface area contributed by atoms with E-state index in [0.717, 1.165) is 24.8 Å². The van der Waals surface area contributed by atoms with Gasteiger partial charge in [0.25, 0.3) is 0 Å². The van der Waals surface area contributed by atoms with Crippen LogP contribution in [0.4, 0.5) is 0 Å². The SMILES string of the molecule is CCCCCC(=O)c1ccc(C(C)C(=O)O)cc1. The summed E-state index contributed by atoms with van der Waals surface area (Å²) < 4.78 is 0. The van der Waals surface area contributed by atoms with Crippen LogP contribution in [0.15, 0.2) is 24.3 Å². The molecule has 0 saturated carbocycles. The second-order valence-corrected chi connectivity index (χ2v) is 4.56. The molecule has 0 heterocycles. The van der Waals surface area contributed by atoms with Crippen LogP contribution in [0.2, 0.25) is 0 Å². The first-order chi connectivity index (χ1) is 8.56. The molecule has 0 aliphatic rings. The Balaban J connectivity index is 2.65. The van der Waals surface area contributed by atoms with Gasteiger partial charge in [0.15, 0.2) is 5.78 Å². The standard InChI is InChI=1S/C15H20O3/c1-3-4-5-6-14(16)13-9-7-12(8-10-13)11(2)15(17)18/h7-11H,3-6H2,1-2H3,(H,17,18). The summed E-state index contributed by atoms with van der Waals surface area (Å²) in [5, 5.41) is 8.89. The van der Waals surface area contributed by atoms with Crippen LogP contribution in [-0.2, 0) is 4.79 Å². The topological polar surface area (TPSA) is 54.4 Å². The number of carboxylic acid groups (broad SMARTS) is 1. The highest BCUT2D eigenvalue weighted by molar-refractivity contribution is 5.96. The Bertz CT molecular complexity index is 406. The van der Waals surface area contributed by atoms with E-state index in [4.69, 9.17) is 5.11 Å². The average molecular weight is 248 g/mol. The largest absolute Gasteiger partial charge is 0.481 e. The number of carbonyl (C=O) groups is 2. The van der Waals surface area contributed by atoms with E-state index in [1.807, 2.05) is 0 Å². The van der Waals surface area contributed by atoms with Crippen molar-refractivity contribution in [2.75, 3.05) is 0 Å². The quantitative estimate of drug-likeness (QED) is 0.592. The van der Waals surface area contributed by atoms with E-state index in [9.17, 15) is 9.59 Å². The molecule has 0 aliphatic carbocycles. The lowest BCUT2D eigenvalue weighted by atomic mass is 9.98. The molecule has 0 amide bonds. The van der Waals surface area contributed by atoms with Crippen molar-refractivity contribution in [2.24, 2.45) is 0 Å². The van der Waals surface area contributed by atoms with Crippen LogP contribution in [0, 0.1) is 0 Å². The molecule has 18 heavy (non-hydrogen) atoms. The van der Waals surface area contributed by atoms with Crippen molar-refractivity contribution < 1.29 is 14.7 Å². The molecule has 0 radical (unpaired) electrons. The summed E-state index contributed by atoms with van der Waals surface area (Å²) in [4.78, 5) is 22.6. The number of unbranched alkanes of at least 4 members (excludes halogenated alkanes) is 2. The van der Waals surface area contributed by atoms with Crippen molar-refractivity contribution in [3.05, 3.63) is 35.4 Å². The number of hydrogen-bond donors (Lipinski definition) is 1. The molecular formula is C15H20O3. The highest BCUT2D eigenvalue weighted by Crippen LogP contribution is 2.17. The molecule has 1 aromatic rings. The predicted molar refractivity (Wildman–Crippen MR) is 71.0 cm³/mol. The molecule has 1 aromatic carbocycles. The van der Waals surface area contributed by atoms with E-state index < -0.39 is 11.9 Å². The Kier molecular flexibility index (Phi) is 5.56. The molecule has 0 aliphatic heterocycles.